The Hall–Kier alpha value is 0.569. The van der Waals surface area contributed by atoms with Crippen LogP contribution in [0.25, 0.3) is 5.32 Å². The number of piperidine rings is 1. The molecule has 1 heterocycles. The third-order valence-electron chi connectivity index (χ3n) is 3.61. The molecule has 2 rings (SSSR count). The maximum atomic E-state index is 5.44. The van der Waals surface area contributed by atoms with Crippen LogP contribution in [0.1, 0.15) is 38.5 Å². The summed E-state index contributed by atoms with van der Waals surface area (Å²) in [7, 11) is 1.83. The molecule has 1 aliphatic carbocycles. The Morgan fingerprint density at radius 3 is 2.80 bits per heavy atom. The number of ether oxygens (including phenoxy) is 1. The van der Waals surface area contributed by atoms with E-state index in [1.165, 1.54) is 25.7 Å². The molecule has 1 aliphatic heterocycles. The van der Waals surface area contributed by atoms with Gasteiger partial charge in [0.25, 0.3) is 0 Å². The van der Waals surface area contributed by atoms with Crippen LogP contribution in [0.15, 0.2) is 0 Å². The number of hydrogen-bond donors (Lipinski definition) is 0. The summed E-state index contributed by atoms with van der Waals surface area (Å²) in [6.45, 7) is 1.01. The molecule has 1 saturated carbocycles. The van der Waals surface area contributed by atoms with Crippen molar-refractivity contribution in [2.75, 3.05) is 13.7 Å². The molecule has 0 aromatic heterocycles. The fourth-order valence-corrected chi connectivity index (χ4v) is 2.69. The van der Waals surface area contributed by atoms with Gasteiger partial charge in [0.15, 0.2) is 0 Å². The summed E-state index contributed by atoms with van der Waals surface area (Å²) in [5, 5.41) is 4.74. The van der Waals surface area contributed by atoms with Gasteiger partial charge in [-0.2, -0.15) is 18.4 Å². The average molecular weight is 388 g/mol. The first-order valence-electron chi connectivity index (χ1n) is 5.93. The standard InChI is InChI=1S/C12H21NO.Ir/c1-14-11-7-8-13-12(9-11)10-5-3-2-4-6-10;/h5,10-12H,2-4,6-9H2,1H3;/q-2;. The van der Waals surface area contributed by atoms with Gasteiger partial charge in [-0.3, -0.25) is 0 Å². The number of methoxy groups -OCH3 is 1. The summed E-state index contributed by atoms with van der Waals surface area (Å²) >= 11 is 0. The molecule has 3 unspecified atom stereocenters. The molecule has 2 nitrogen and oxygen atoms in total. The van der Waals surface area contributed by atoms with E-state index in [1.807, 2.05) is 7.11 Å². The van der Waals surface area contributed by atoms with Crippen molar-refractivity contribution >= 4 is 0 Å². The quantitative estimate of drug-likeness (QED) is 0.669. The van der Waals surface area contributed by atoms with E-state index < -0.39 is 0 Å². The van der Waals surface area contributed by atoms with E-state index in [9.17, 15) is 0 Å². The first-order chi connectivity index (χ1) is 6.90. The van der Waals surface area contributed by atoms with Crippen LogP contribution in [0, 0.1) is 12.3 Å². The molecular formula is C12H21IrNO-2. The fraction of sp³-hybridized carbons (Fsp3) is 0.917. The summed E-state index contributed by atoms with van der Waals surface area (Å²) < 4.78 is 5.44. The van der Waals surface area contributed by atoms with Crippen molar-refractivity contribution in [2.24, 2.45) is 5.92 Å². The molecule has 0 N–H and O–H groups in total. The maximum Gasteiger partial charge on any atom is 0.0540 e. The topological polar surface area (TPSA) is 23.3 Å². The second kappa shape index (κ2) is 7.00. The van der Waals surface area contributed by atoms with Gasteiger partial charge in [-0.15, -0.1) is 6.54 Å². The molecule has 91 valence electrons. The van der Waals surface area contributed by atoms with Crippen LogP contribution in [0.2, 0.25) is 0 Å². The van der Waals surface area contributed by atoms with Crippen molar-refractivity contribution in [2.45, 2.75) is 50.7 Å². The molecule has 3 atom stereocenters. The number of hydrogen-bond acceptors (Lipinski definition) is 1. The Balaban J connectivity index is 0.00000112. The first-order valence-corrected chi connectivity index (χ1v) is 5.93. The molecule has 1 radical (unpaired) electrons. The zero-order chi connectivity index (χ0) is 9.80. The van der Waals surface area contributed by atoms with Gasteiger partial charge in [-0.25, -0.2) is 0 Å². The van der Waals surface area contributed by atoms with Crippen LogP contribution in [0.4, 0.5) is 0 Å². The van der Waals surface area contributed by atoms with Crippen molar-refractivity contribution in [3.8, 4) is 0 Å². The maximum absolute atomic E-state index is 5.44. The number of rotatable bonds is 2. The van der Waals surface area contributed by atoms with Crippen molar-refractivity contribution in [3.63, 3.8) is 0 Å². The molecule has 0 aromatic rings. The van der Waals surface area contributed by atoms with Crippen LogP contribution in [0.3, 0.4) is 0 Å². The van der Waals surface area contributed by atoms with Crippen molar-refractivity contribution in [1.29, 1.82) is 0 Å². The molecule has 15 heavy (non-hydrogen) atoms. The molecule has 0 spiro atoms. The van der Waals surface area contributed by atoms with Crippen LogP contribution in [-0.4, -0.2) is 25.8 Å². The van der Waals surface area contributed by atoms with Gasteiger partial charge in [0.2, 0.25) is 0 Å². The molecule has 2 aliphatic rings. The van der Waals surface area contributed by atoms with E-state index in [0.29, 0.717) is 12.1 Å². The minimum Gasteiger partial charge on any atom is -0.661 e. The van der Waals surface area contributed by atoms with Crippen LogP contribution < -0.4 is 0 Å². The van der Waals surface area contributed by atoms with E-state index in [1.54, 1.807) is 0 Å². The normalized spacial score (nSPS) is 37.0. The second-order valence-electron chi connectivity index (χ2n) is 4.54. The van der Waals surface area contributed by atoms with E-state index >= 15 is 0 Å². The van der Waals surface area contributed by atoms with Gasteiger partial charge in [0, 0.05) is 27.2 Å². The molecule has 0 amide bonds. The molecule has 3 heteroatoms. The van der Waals surface area contributed by atoms with Crippen molar-refractivity contribution < 1.29 is 24.8 Å². The van der Waals surface area contributed by atoms with Gasteiger partial charge in [0.05, 0.1) is 6.10 Å². The van der Waals surface area contributed by atoms with Crippen LogP contribution in [0.5, 0.6) is 0 Å². The van der Waals surface area contributed by atoms with E-state index in [2.05, 4.69) is 6.42 Å². The third kappa shape index (κ3) is 3.81. The Kier molecular flexibility index (Phi) is 6.37. The molecule has 0 aromatic carbocycles. The SMILES string of the molecule is COC1CC[N-]C(C2[CH-]CCCC2)C1.[Ir]. The molecule has 1 saturated heterocycles. The largest absolute Gasteiger partial charge is 0.661 e. The van der Waals surface area contributed by atoms with Crippen LogP contribution >= 0.6 is 0 Å². The molecule has 2 fully saturated rings. The van der Waals surface area contributed by atoms with Crippen molar-refractivity contribution in [1.82, 2.24) is 0 Å². The Morgan fingerprint density at radius 1 is 1.27 bits per heavy atom. The summed E-state index contributed by atoms with van der Waals surface area (Å²) in [6, 6.07) is 0.564. The van der Waals surface area contributed by atoms with E-state index in [-0.39, 0.29) is 20.1 Å². The van der Waals surface area contributed by atoms with Gasteiger partial charge in [-0.1, -0.05) is 19.3 Å². The zero-order valence-electron chi connectivity index (χ0n) is 9.45. The predicted octanol–water partition coefficient (Wildman–Crippen LogP) is 2.93. The van der Waals surface area contributed by atoms with Crippen LogP contribution in [-0.2, 0) is 24.8 Å². The van der Waals surface area contributed by atoms with Crippen molar-refractivity contribution in [3.05, 3.63) is 11.7 Å². The van der Waals surface area contributed by atoms with Gasteiger partial charge in [-0.05, 0) is 12.8 Å². The first kappa shape index (κ1) is 13.6. The van der Waals surface area contributed by atoms with Gasteiger partial charge >= 0.3 is 0 Å². The Bertz CT molecular complexity index is 171. The average Bonchev–Trinajstić information content (AvgIpc) is 2.30. The summed E-state index contributed by atoms with van der Waals surface area (Å²) in [4.78, 5) is 0. The number of nitrogens with zero attached hydrogens (tertiary/aromatic N) is 1. The smallest absolute Gasteiger partial charge is 0.0540 e. The second-order valence-corrected chi connectivity index (χ2v) is 4.54. The van der Waals surface area contributed by atoms with Gasteiger partial charge < -0.3 is 16.5 Å². The predicted molar refractivity (Wildman–Crippen MR) is 58.3 cm³/mol. The monoisotopic (exact) mass is 388 g/mol. The Labute approximate surface area is 107 Å². The molecular weight excluding hydrogens is 366 g/mol. The summed E-state index contributed by atoms with van der Waals surface area (Å²) in [5.41, 5.74) is 0. The summed E-state index contributed by atoms with van der Waals surface area (Å²) in [6.07, 6.45) is 10.7. The third-order valence-corrected chi connectivity index (χ3v) is 3.61. The van der Waals surface area contributed by atoms with E-state index in [0.717, 1.165) is 25.3 Å². The zero-order valence-corrected chi connectivity index (χ0v) is 11.8. The molecule has 0 bridgehead atoms. The van der Waals surface area contributed by atoms with Gasteiger partial charge in [0.1, 0.15) is 0 Å². The minimum absolute atomic E-state index is 0. The Morgan fingerprint density at radius 2 is 2.13 bits per heavy atom. The summed E-state index contributed by atoms with van der Waals surface area (Å²) in [5.74, 6) is 0.752. The minimum atomic E-state index is 0. The van der Waals surface area contributed by atoms with E-state index in [4.69, 9.17) is 10.1 Å². The fourth-order valence-electron chi connectivity index (χ4n) is 2.69.